The minimum Gasteiger partial charge on any atom is -0.397 e. The molecule has 2 heterocycles. The number of hydrogen-bond acceptors (Lipinski definition) is 4. The standard InChI is InChI=1S/C16H17N3O2/c17-13-7-4-8-18-15(13)16(20)19-9-10-21-14(11-19)12-5-2-1-3-6-12/h1-8,14H,9-11,17H2. The van der Waals surface area contributed by atoms with Crippen molar-refractivity contribution in [2.45, 2.75) is 6.10 Å². The molecule has 0 aliphatic carbocycles. The molecule has 1 fully saturated rings. The van der Waals surface area contributed by atoms with E-state index in [0.717, 1.165) is 5.56 Å². The Labute approximate surface area is 123 Å². The van der Waals surface area contributed by atoms with Gasteiger partial charge in [-0.1, -0.05) is 30.3 Å². The van der Waals surface area contributed by atoms with Crippen LogP contribution in [0.15, 0.2) is 48.7 Å². The van der Waals surface area contributed by atoms with Gasteiger partial charge in [-0.25, -0.2) is 4.98 Å². The summed E-state index contributed by atoms with van der Waals surface area (Å²) in [5.41, 5.74) is 7.62. The van der Waals surface area contributed by atoms with Crippen molar-refractivity contribution in [3.63, 3.8) is 0 Å². The maximum Gasteiger partial charge on any atom is 0.274 e. The van der Waals surface area contributed by atoms with E-state index in [2.05, 4.69) is 4.98 Å². The first kappa shape index (κ1) is 13.6. The van der Waals surface area contributed by atoms with Crippen LogP contribution in [0, 0.1) is 0 Å². The first-order valence-corrected chi connectivity index (χ1v) is 6.92. The van der Waals surface area contributed by atoms with Crippen molar-refractivity contribution in [2.24, 2.45) is 0 Å². The average molecular weight is 283 g/mol. The number of aromatic nitrogens is 1. The average Bonchev–Trinajstić information content (AvgIpc) is 2.56. The van der Waals surface area contributed by atoms with E-state index in [1.165, 1.54) is 0 Å². The molecule has 1 aromatic carbocycles. The molecule has 5 nitrogen and oxygen atoms in total. The third-order valence-corrected chi connectivity index (χ3v) is 3.57. The van der Waals surface area contributed by atoms with E-state index in [9.17, 15) is 4.79 Å². The van der Waals surface area contributed by atoms with Crippen molar-refractivity contribution < 1.29 is 9.53 Å². The van der Waals surface area contributed by atoms with Gasteiger partial charge in [0.2, 0.25) is 0 Å². The molecule has 1 aliphatic rings. The van der Waals surface area contributed by atoms with Gasteiger partial charge in [-0.15, -0.1) is 0 Å². The first-order valence-electron chi connectivity index (χ1n) is 6.92. The van der Waals surface area contributed by atoms with E-state index in [0.29, 0.717) is 31.1 Å². The summed E-state index contributed by atoms with van der Waals surface area (Å²) >= 11 is 0. The first-order chi connectivity index (χ1) is 10.3. The molecule has 108 valence electrons. The Morgan fingerprint density at radius 3 is 2.81 bits per heavy atom. The summed E-state index contributed by atoms with van der Waals surface area (Å²) in [5.74, 6) is -0.141. The number of pyridine rings is 1. The number of hydrogen-bond donors (Lipinski definition) is 1. The van der Waals surface area contributed by atoms with Gasteiger partial charge in [-0.05, 0) is 17.7 Å². The molecular weight excluding hydrogens is 266 g/mol. The lowest BCUT2D eigenvalue weighted by molar-refractivity contribution is -0.0229. The van der Waals surface area contributed by atoms with E-state index in [-0.39, 0.29) is 12.0 Å². The Kier molecular flexibility index (Phi) is 3.83. The number of carbonyl (C=O) groups excluding carboxylic acids is 1. The summed E-state index contributed by atoms with van der Waals surface area (Å²) in [5, 5.41) is 0. The third-order valence-electron chi connectivity index (χ3n) is 3.57. The van der Waals surface area contributed by atoms with Crippen LogP contribution in [0.25, 0.3) is 0 Å². The molecule has 1 aromatic heterocycles. The summed E-state index contributed by atoms with van der Waals surface area (Å²) in [6.45, 7) is 1.58. The van der Waals surface area contributed by atoms with Crippen LogP contribution in [0.1, 0.15) is 22.2 Å². The van der Waals surface area contributed by atoms with Gasteiger partial charge in [0, 0.05) is 12.7 Å². The van der Waals surface area contributed by atoms with Crippen molar-refractivity contribution in [2.75, 3.05) is 25.4 Å². The number of morpholine rings is 1. The molecule has 0 spiro atoms. The highest BCUT2D eigenvalue weighted by molar-refractivity contribution is 5.97. The van der Waals surface area contributed by atoms with E-state index in [1.807, 2.05) is 30.3 Å². The molecule has 2 N–H and O–H groups in total. The molecule has 5 heteroatoms. The van der Waals surface area contributed by atoms with E-state index in [4.69, 9.17) is 10.5 Å². The quantitative estimate of drug-likeness (QED) is 0.913. The molecule has 1 unspecified atom stereocenters. The zero-order valence-corrected chi connectivity index (χ0v) is 11.6. The monoisotopic (exact) mass is 283 g/mol. The number of carbonyl (C=O) groups is 1. The number of nitrogen functional groups attached to an aromatic ring is 1. The Bertz CT molecular complexity index is 630. The summed E-state index contributed by atoms with van der Waals surface area (Å²) in [7, 11) is 0. The zero-order valence-electron chi connectivity index (χ0n) is 11.6. The normalized spacial score (nSPS) is 18.5. The van der Waals surface area contributed by atoms with Crippen molar-refractivity contribution >= 4 is 11.6 Å². The van der Waals surface area contributed by atoms with Crippen LogP contribution >= 0.6 is 0 Å². The van der Waals surface area contributed by atoms with Gasteiger partial charge in [-0.2, -0.15) is 0 Å². The second-order valence-electron chi connectivity index (χ2n) is 4.96. The van der Waals surface area contributed by atoms with E-state index >= 15 is 0 Å². The van der Waals surface area contributed by atoms with Gasteiger partial charge in [0.25, 0.3) is 5.91 Å². The molecule has 0 radical (unpaired) electrons. The smallest absolute Gasteiger partial charge is 0.274 e. The van der Waals surface area contributed by atoms with Gasteiger partial charge in [0.15, 0.2) is 5.69 Å². The van der Waals surface area contributed by atoms with Gasteiger partial charge in [0.1, 0.15) is 6.10 Å². The van der Waals surface area contributed by atoms with Crippen LogP contribution in [0.3, 0.4) is 0 Å². The largest absolute Gasteiger partial charge is 0.397 e. The van der Waals surface area contributed by atoms with Gasteiger partial charge < -0.3 is 15.4 Å². The van der Waals surface area contributed by atoms with Crippen LogP contribution in [0.4, 0.5) is 5.69 Å². The highest BCUT2D eigenvalue weighted by atomic mass is 16.5. The molecule has 21 heavy (non-hydrogen) atoms. The molecule has 1 atom stereocenters. The van der Waals surface area contributed by atoms with Gasteiger partial charge >= 0.3 is 0 Å². The predicted octanol–water partition coefficient (Wildman–Crippen LogP) is 1.88. The van der Waals surface area contributed by atoms with Crippen molar-refractivity contribution in [3.05, 3.63) is 59.9 Å². The Hall–Kier alpha value is -2.40. The second-order valence-corrected chi connectivity index (χ2v) is 4.96. The highest BCUT2D eigenvalue weighted by Crippen LogP contribution is 2.23. The molecule has 0 saturated carbocycles. The fourth-order valence-electron chi connectivity index (χ4n) is 2.45. The number of benzene rings is 1. The minimum absolute atomic E-state index is 0.103. The van der Waals surface area contributed by atoms with Gasteiger partial charge in [0.05, 0.1) is 18.8 Å². The molecule has 1 aliphatic heterocycles. The number of anilines is 1. The number of ether oxygens (including phenoxy) is 1. The lowest BCUT2D eigenvalue weighted by Crippen LogP contribution is -2.42. The molecular formula is C16H17N3O2. The van der Waals surface area contributed by atoms with Crippen LogP contribution < -0.4 is 5.73 Å². The maximum absolute atomic E-state index is 12.5. The molecule has 0 bridgehead atoms. The number of nitrogens with zero attached hydrogens (tertiary/aromatic N) is 2. The number of nitrogens with two attached hydrogens (primary N) is 1. The Morgan fingerprint density at radius 1 is 1.24 bits per heavy atom. The number of rotatable bonds is 2. The SMILES string of the molecule is Nc1cccnc1C(=O)N1CCOC(c2ccccc2)C1. The lowest BCUT2D eigenvalue weighted by Gasteiger charge is -2.33. The summed E-state index contributed by atoms with van der Waals surface area (Å²) in [6.07, 6.45) is 1.48. The van der Waals surface area contributed by atoms with Crippen molar-refractivity contribution in [1.29, 1.82) is 0 Å². The molecule has 1 saturated heterocycles. The summed E-state index contributed by atoms with van der Waals surface area (Å²) in [6, 6.07) is 13.3. The van der Waals surface area contributed by atoms with Crippen LogP contribution in [-0.2, 0) is 4.74 Å². The van der Waals surface area contributed by atoms with E-state index in [1.54, 1.807) is 23.2 Å². The number of amides is 1. The van der Waals surface area contributed by atoms with Gasteiger partial charge in [-0.3, -0.25) is 4.79 Å². The van der Waals surface area contributed by atoms with Crippen molar-refractivity contribution in [1.82, 2.24) is 9.88 Å². The topological polar surface area (TPSA) is 68.5 Å². The summed E-state index contributed by atoms with van der Waals surface area (Å²) in [4.78, 5) is 18.4. The minimum atomic E-state index is -0.141. The van der Waals surface area contributed by atoms with Crippen molar-refractivity contribution in [3.8, 4) is 0 Å². The Morgan fingerprint density at radius 2 is 2.05 bits per heavy atom. The van der Waals surface area contributed by atoms with Crippen LogP contribution in [0.5, 0.6) is 0 Å². The molecule has 3 rings (SSSR count). The fraction of sp³-hybridized carbons (Fsp3) is 0.250. The van der Waals surface area contributed by atoms with Crippen LogP contribution in [-0.4, -0.2) is 35.5 Å². The molecule has 1 amide bonds. The summed E-state index contributed by atoms with van der Waals surface area (Å²) < 4.78 is 5.76. The van der Waals surface area contributed by atoms with E-state index < -0.39 is 0 Å². The predicted molar refractivity (Wildman–Crippen MR) is 79.7 cm³/mol. The lowest BCUT2D eigenvalue weighted by atomic mass is 10.1. The Balaban J connectivity index is 1.77. The maximum atomic E-state index is 12.5. The fourth-order valence-corrected chi connectivity index (χ4v) is 2.45. The molecule has 2 aromatic rings. The van der Waals surface area contributed by atoms with Crippen LogP contribution in [0.2, 0.25) is 0 Å². The highest BCUT2D eigenvalue weighted by Gasteiger charge is 2.27. The zero-order chi connectivity index (χ0) is 14.7. The third kappa shape index (κ3) is 2.87. The second kappa shape index (κ2) is 5.93.